The third-order valence-electron chi connectivity index (χ3n) is 9.82. The van der Waals surface area contributed by atoms with Gasteiger partial charge in [0.15, 0.2) is 0 Å². The average Bonchev–Trinajstić information content (AvgIpc) is 3.32. The number of carbonyl (C=O) groups excluding carboxylic acids is 1. The molecule has 0 spiro atoms. The van der Waals surface area contributed by atoms with E-state index in [1.807, 2.05) is 0 Å². The van der Waals surface area contributed by atoms with E-state index in [2.05, 4.69) is 33.1 Å². The molecule has 0 aromatic rings. The number of β-amino-alcohol motifs (C(OH)–C–C–N with tert-alkyl or cyclic N) is 1. The van der Waals surface area contributed by atoms with E-state index in [4.69, 9.17) is 14.2 Å². The van der Waals surface area contributed by atoms with Crippen LogP contribution < -0.4 is 21.3 Å². The molecule has 10 nitrogen and oxygen atoms in total. The van der Waals surface area contributed by atoms with Gasteiger partial charge in [-0.1, -0.05) is 6.42 Å². The summed E-state index contributed by atoms with van der Waals surface area (Å²) in [5, 5.41) is 24.2. The molecule has 5 rings (SSSR count). The summed E-state index contributed by atoms with van der Waals surface area (Å²) in [6, 6.07) is 0.925. The molecule has 8 unspecified atom stereocenters. The van der Waals surface area contributed by atoms with Crippen molar-refractivity contribution in [1.29, 1.82) is 0 Å². The topological polar surface area (TPSA) is 116 Å². The van der Waals surface area contributed by atoms with Gasteiger partial charge in [0.2, 0.25) is 5.91 Å². The summed E-state index contributed by atoms with van der Waals surface area (Å²) in [6.07, 6.45) is 8.95. The number of hydrogen-bond acceptors (Lipinski definition) is 9. The van der Waals surface area contributed by atoms with Crippen molar-refractivity contribution in [3.63, 3.8) is 0 Å². The van der Waals surface area contributed by atoms with Crippen LogP contribution >= 0.6 is 0 Å². The normalized spacial score (nSPS) is 39.3. The first-order valence-electron chi connectivity index (χ1n) is 15.2. The summed E-state index contributed by atoms with van der Waals surface area (Å²) in [7, 11) is 1.67. The number of amides is 1. The molecule has 0 aromatic carbocycles. The Bertz CT molecular complexity index is 757. The monoisotopic (exact) mass is 537 g/mol. The lowest BCUT2D eigenvalue weighted by Crippen LogP contribution is -2.60. The quantitative estimate of drug-likeness (QED) is 0.255. The van der Waals surface area contributed by atoms with Gasteiger partial charge in [0, 0.05) is 45.4 Å². The number of aliphatic hydroxyl groups is 1. The lowest BCUT2D eigenvalue weighted by Gasteiger charge is -2.44. The van der Waals surface area contributed by atoms with Crippen LogP contribution in [0.1, 0.15) is 58.3 Å². The predicted molar refractivity (Wildman–Crippen MR) is 144 cm³/mol. The van der Waals surface area contributed by atoms with Gasteiger partial charge in [0.1, 0.15) is 0 Å². The van der Waals surface area contributed by atoms with Crippen LogP contribution in [0.2, 0.25) is 0 Å². The number of ether oxygens (including phenoxy) is 3. The first-order valence-corrected chi connectivity index (χ1v) is 15.2. The zero-order valence-corrected chi connectivity index (χ0v) is 23.4. The molecule has 5 fully saturated rings. The summed E-state index contributed by atoms with van der Waals surface area (Å²) < 4.78 is 17.6. The molecule has 218 valence electrons. The molecule has 0 radical (unpaired) electrons. The Morgan fingerprint density at radius 3 is 2.76 bits per heavy atom. The van der Waals surface area contributed by atoms with Crippen LogP contribution in [0.15, 0.2) is 0 Å². The number of carbonyl (C=O) groups is 1. The van der Waals surface area contributed by atoms with E-state index >= 15 is 0 Å². The highest BCUT2D eigenvalue weighted by molar-refractivity contribution is 5.79. The number of fused-ring (bicyclic) bond motifs is 1. The Morgan fingerprint density at radius 1 is 1.16 bits per heavy atom. The van der Waals surface area contributed by atoms with E-state index < -0.39 is 6.10 Å². The molecule has 5 N–H and O–H groups in total. The van der Waals surface area contributed by atoms with E-state index in [1.165, 1.54) is 25.7 Å². The Morgan fingerprint density at radius 2 is 2.03 bits per heavy atom. The number of nitrogens with zero attached hydrogens (tertiary/aromatic N) is 1. The Hall–Kier alpha value is -0.850. The second-order valence-electron chi connectivity index (χ2n) is 12.4. The maximum Gasteiger partial charge on any atom is 0.225 e. The molecule has 1 amide bonds. The van der Waals surface area contributed by atoms with E-state index in [9.17, 15) is 9.90 Å². The fourth-order valence-electron chi connectivity index (χ4n) is 7.06. The van der Waals surface area contributed by atoms with Crippen molar-refractivity contribution >= 4 is 5.91 Å². The Labute approximate surface area is 228 Å². The zero-order chi connectivity index (χ0) is 26.5. The third kappa shape index (κ3) is 7.46. The summed E-state index contributed by atoms with van der Waals surface area (Å²) >= 11 is 0. The van der Waals surface area contributed by atoms with E-state index in [0.29, 0.717) is 62.9 Å². The van der Waals surface area contributed by atoms with Crippen LogP contribution in [0.5, 0.6) is 0 Å². The lowest BCUT2D eigenvalue weighted by molar-refractivity contribution is -0.132. The smallest absolute Gasteiger partial charge is 0.225 e. The minimum atomic E-state index is -0.566. The van der Waals surface area contributed by atoms with Gasteiger partial charge in [0.05, 0.1) is 49.8 Å². The number of likely N-dealkylation sites (tertiary alicyclic amines) is 1. The molecule has 5 aliphatic rings. The molecule has 3 aliphatic heterocycles. The molecule has 2 saturated carbocycles. The highest BCUT2D eigenvalue weighted by Gasteiger charge is 2.38. The van der Waals surface area contributed by atoms with Crippen LogP contribution in [0.25, 0.3) is 0 Å². The molecule has 3 saturated heterocycles. The van der Waals surface area contributed by atoms with Gasteiger partial charge >= 0.3 is 0 Å². The van der Waals surface area contributed by atoms with Crippen molar-refractivity contribution in [2.24, 2.45) is 17.8 Å². The number of hydrogen-bond donors (Lipinski definition) is 5. The van der Waals surface area contributed by atoms with Crippen LogP contribution in [-0.2, 0) is 19.0 Å². The van der Waals surface area contributed by atoms with Crippen LogP contribution in [0.3, 0.4) is 0 Å². The zero-order valence-electron chi connectivity index (χ0n) is 23.4. The molecule has 9 atom stereocenters. The second-order valence-corrected chi connectivity index (χ2v) is 12.4. The van der Waals surface area contributed by atoms with Crippen molar-refractivity contribution in [3.8, 4) is 0 Å². The Balaban J connectivity index is 0.998. The largest absolute Gasteiger partial charge is 0.390 e. The third-order valence-corrected chi connectivity index (χ3v) is 9.82. The maximum absolute atomic E-state index is 13.1. The number of piperidine rings is 2. The molecular formula is C28H51N5O5. The minimum absolute atomic E-state index is 0.0111. The van der Waals surface area contributed by atoms with Gasteiger partial charge in [-0.15, -0.1) is 0 Å². The predicted octanol–water partition coefficient (Wildman–Crippen LogP) is 0.398. The number of nitrogens with one attached hydrogen (secondary N) is 4. The van der Waals surface area contributed by atoms with Crippen molar-refractivity contribution < 1.29 is 24.1 Å². The fourth-order valence-corrected chi connectivity index (χ4v) is 7.06. The van der Waals surface area contributed by atoms with Gasteiger partial charge in [0.25, 0.3) is 0 Å². The maximum atomic E-state index is 13.1. The number of methoxy groups -OCH3 is 1. The molecule has 3 heterocycles. The highest BCUT2D eigenvalue weighted by Crippen LogP contribution is 2.37. The number of aliphatic hydroxyl groups excluding tert-OH is 1. The molecule has 2 aliphatic carbocycles. The summed E-state index contributed by atoms with van der Waals surface area (Å²) in [5.74, 6) is 1.15. The van der Waals surface area contributed by atoms with Gasteiger partial charge in [-0.25, -0.2) is 0 Å². The molecule has 10 heteroatoms. The summed E-state index contributed by atoms with van der Waals surface area (Å²) in [5.41, 5.74) is 0. The van der Waals surface area contributed by atoms with Gasteiger partial charge < -0.3 is 29.5 Å². The fraction of sp³-hybridized carbons (Fsp3) is 0.964. The lowest BCUT2D eigenvalue weighted by atomic mass is 9.74. The van der Waals surface area contributed by atoms with E-state index in [1.54, 1.807) is 7.11 Å². The van der Waals surface area contributed by atoms with E-state index in [-0.39, 0.29) is 36.7 Å². The van der Waals surface area contributed by atoms with Crippen LogP contribution in [0.4, 0.5) is 0 Å². The van der Waals surface area contributed by atoms with Crippen LogP contribution in [0, 0.1) is 17.8 Å². The average molecular weight is 538 g/mol. The van der Waals surface area contributed by atoms with Crippen LogP contribution in [-0.4, -0.2) is 112 Å². The molecular weight excluding hydrogens is 486 g/mol. The standard InChI is InChI=1S/C28H51N5O5/c1-18-26(38-17-31-18)16-37-23-7-6-20-14-33(9-8-19(20)10-23)15-22(34)12-30-28(35)24-11-27(29-13-25(24)36-2)32-21-4-3-5-21/h18-27,29,31-32,34H,3-17H2,1-2H3,(H,30,35)/t18?,19?,20?,22-,23?,24?,25?,26?,27?/m0/s1. The number of rotatable bonds is 11. The van der Waals surface area contributed by atoms with Crippen molar-refractivity contribution in [2.45, 2.75) is 101 Å². The molecule has 0 aromatic heterocycles. The van der Waals surface area contributed by atoms with Crippen molar-refractivity contribution in [1.82, 2.24) is 26.2 Å². The second kappa shape index (κ2) is 13.7. The summed E-state index contributed by atoms with van der Waals surface area (Å²) in [6.45, 7) is 7.05. The first kappa shape index (κ1) is 28.7. The first-order chi connectivity index (χ1) is 18.5. The van der Waals surface area contributed by atoms with Gasteiger partial charge in [-0.3, -0.25) is 20.7 Å². The molecule has 0 bridgehead atoms. The molecule has 38 heavy (non-hydrogen) atoms. The minimum Gasteiger partial charge on any atom is -0.390 e. The Kier molecular flexibility index (Phi) is 10.3. The summed E-state index contributed by atoms with van der Waals surface area (Å²) in [4.78, 5) is 15.4. The highest BCUT2D eigenvalue weighted by atomic mass is 16.5. The van der Waals surface area contributed by atoms with Gasteiger partial charge in [-0.05, 0) is 70.3 Å². The van der Waals surface area contributed by atoms with Crippen molar-refractivity contribution in [3.05, 3.63) is 0 Å². The van der Waals surface area contributed by atoms with Crippen molar-refractivity contribution in [2.75, 3.05) is 53.2 Å². The SMILES string of the molecule is COC1CNC(NC2CCC2)CC1C(=O)NC[C@H](O)CN1CCC2CC(OCC3OCNC3C)CCC2C1. The van der Waals surface area contributed by atoms with E-state index in [0.717, 1.165) is 32.4 Å². The van der Waals surface area contributed by atoms with Gasteiger partial charge in [-0.2, -0.15) is 0 Å².